The van der Waals surface area contributed by atoms with Crippen LogP contribution < -0.4 is 4.90 Å². The molecule has 5 heteroatoms. The Bertz CT molecular complexity index is 328. The van der Waals surface area contributed by atoms with E-state index in [0.717, 1.165) is 26.0 Å². The van der Waals surface area contributed by atoms with Gasteiger partial charge in [-0.05, 0) is 12.8 Å². The molecule has 1 aromatic heterocycles. The summed E-state index contributed by atoms with van der Waals surface area (Å²) in [5.74, 6) is 0.0946. The number of aromatic nitrogens is 2. The highest BCUT2D eigenvalue weighted by molar-refractivity contribution is 5.35. The molecule has 0 amide bonds. The van der Waals surface area contributed by atoms with Crippen LogP contribution in [0.5, 0.6) is 0 Å². The molecular formula is C10H14FN3O. The van der Waals surface area contributed by atoms with Crippen molar-refractivity contribution >= 4 is 5.82 Å². The Balaban J connectivity index is 1.97. The van der Waals surface area contributed by atoms with Crippen LogP contribution in [-0.2, 0) is 4.74 Å². The minimum Gasteiger partial charge on any atom is -0.376 e. The number of rotatable bonds is 3. The number of halogens is 1. The summed E-state index contributed by atoms with van der Waals surface area (Å²) >= 11 is 0. The largest absolute Gasteiger partial charge is 0.376 e. The van der Waals surface area contributed by atoms with E-state index in [0.29, 0.717) is 5.82 Å². The van der Waals surface area contributed by atoms with Gasteiger partial charge in [-0.25, -0.2) is 9.97 Å². The van der Waals surface area contributed by atoms with Crippen LogP contribution in [0.4, 0.5) is 10.2 Å². The second-order valence-corrected chi connectivity index (χ2v) is 3.71. The van der Waals surface area contributed by atoms with E-state index in [1.807, 2.05) is 11.9 Å². The molecule has 0 bridgehead atoms. The van der Waals surface area contributed by atoms with Gasteiger partial charge in [-0.1, -0.05) is 0 Å². The first-order valence-electron chi connectivity index (χ1n) is 5.06. The zero-order chi connectivity index (χ0) is 10.7. The molecule has 2 rings (SSSR count). The molecule has 82 valence electrons. The summed E-state index contributed by atoms with van der Waals surface area (Å²) in [7, 11) is 1.88. The lowest BCUT2D eigenvalue weighted by Crippen LogP contribution is -2.29. The first-order valence-corrected chi connectivity index (χ1v) is 5.06. The third-order valence-electron chi connectivity index (χ3n) is 2.51. The lowest BCUT2D eigenvalue weighted by Gasteiger charge is -2.21. The fourth-order valence-corrected chi connectivity index (χ4v) is 1.72. The van der Waals surface area contributed by atoms with Crippen molar-refractivity contribution in [1.29, 1.82) is 0 Å². The Morgan fingerprint density at radius 2 is 2.47 bits per heavy atom. The molecule has 0 N–H and O–H groups in total. The van der Waals surface area contributed by atoms with Crippen LogP contribution in [0.2, 0.25) is 0 Å². The normalized spacial score (nSPS) is 20.5. The number of nitrogens with zero attached hydrogens (tertiary/aromatic N) is 3. The van der Waals surface area contributed by atoms with Gasteiger partial charge >= 0.3 is 0 Å². The van der Waals surface area contributed by atoms with E-state index in [9.17, 15) is 4.39 Å². The maximum Gasteiger partial charge on any atom is 0.218 e. The molecule has 0 saturated carbocycles. The highest BCUT2D eigenvalue weighted by Crippen LogP contribution is 2.16. The number of hydrogen-bond donors (Lipinski definition) is 0. The molecule has 1 saturated heterocycles. The average molecular weight is 211 g/mol. The summed E-state index contributed by atoms with van der Waals surface area (Å²) in [5.41, 5.74) is 0. The van der Waals surface area contributed by atoms with Gasteiger partial charge < -0.3 is 9.64 Å². The van der Waals surface area contributed by atoms with Gasteiger partial charge in [0.15, 0.2) is 0 Å². The second-order valence-electron chi connectivity index (χ2n) is 3.71. The SMILES string of the molecule is CN(CC1CCCO1)c1cc(F)ncn1. The Labute approximate surface area is 88.1 Å². The van der Waals surface area contributed by atoms with Crippen LogP contribution in [0, 0.1) is 5.95 Å². The number of anilines is 1. The summed E-state index contributed by atoms with van der Waals surface area (Å²) in [6.45, 7) is 1.58. The fourth-order valence-electron chi connectivity index (χ4n) is 1.72. The van der Waals surface area contributed by atoms with Crippen LogP contribution in [0.25, 0.3) is 0 Å². The Morgan fingerprint density at radius 3 is 3.13 bits per heavy atom. The first-order chi connectivity index (χ1) is 7.25. The average Bonchev–Trinajstić information content (AvgIpc) is 2.70. The monoisotopic (exact) mass is 211 g/mol. The van der Waals surface area contributed by atoms with Crippen LogP contribution in [-0.4, -0.2) is 36.3 Å². The van der Waals surface area contributed by atoms with Gasteiger partial charge in [0.25, 0.3) is 0 Å². The molecule has 1 aliphatic rings. The highest BCUT2D eigenvalue weighted by Gasteiger charge is 2.18. The van der Waals surface area contributed by atoms with E-state index in [1.165, 1.54) is 12.4 Å². The topological polar surface area (TPSA) is 38.2 Å². The van der Waals surface area contributed by atoms with E-state index in [-0.39, 0.29) is 6.10 Å². The minimum absolute atomic E-state index is 0.244. The lowest BCUT2D eigenvalue weighted by atomic mass is 10.2. The first kappa shape index (κ1) is 10.3. The third kappa shape index (κ3) is 2.62. The van der Waals surface area contributed by atoms with Gasteiger partial charge in [0.2, 0.25) is 5.95 Å². The minimum atomic E-state index is -0.501. The number of likely N-dealkylation sites (N-methyl/N-ethyl adjacent to an activating group) is 1. The summed E-state index contributed by atoms with van der Waals surface area (Å²) in [4.78, 5) is 9.31. The quantitative estimate of drug-likeness (QED) is 0.705. The molecule has 15 heavy (non-hydrogen) atoms. The van der Waals surface area contributed by atoms with Gasteiger partial charge in [0.05, 0.1) is 6.10 Å². The lowest BCUT2D eigenvalue weighted by molar-refractivity contribution is 0.116. The van der Waals surface area contributed by atoms with Gasteiger partial charge in [-0.3, -0.25) is 0 Å². The van der Waals surface area contributed by atoms with Crippen LogP contribution in [0.1, 0.15) is 12.8 Å². The third-order valence-corrected chi connectivity index (χ3v) is 2.51. The molecule has 1 atom stereocenters. The molecule has 0 aromatic carbocycles. The molecular weight excluding hydrogens is 197 g/mol. The van der Waals surface area contributed by atoms with E-state index >= 15 is 0 Å². The van der Waals surface area contributed by atoms with Crippen molar-refractivity contribution in [3.8, 4) is 0 Å². The molecule has 4 nitrogen and oxygen atoms in total. The molecule has 1 fully saturated rings. The molecule has 1 unspecified atom stereocenters. The Kier molecular flexibility index (Phi) is 3.11. The second kappa shape index (κ2) is 4.53. The van der Waals surface area contributed by atoms with Crippen molar-refractivity contribution in [2.45, 2.75) is 18.9 Å². The summed E-state index contributed by atoms with van der Waals surface area (Å²) in [5, 5.41) is 0. The zero-order valence-electron chi connectivity index (χ0n) is 8.69. The Hall–Kier alpha value is -1.23. The molecule has 1 aromatic rings. The fraction of sp³-hybridized carbons (Fsp3) is 0.600. The maximum atomic E-state index is 12.8. The number of hydrogen-bond acceptors (Lipinski definition) is 4. The van der Waals surface area contributed by atoms with Gasteiger partial charge in [-0.15, -0.1) is 0 Å². The highest BCUT2D eigenvalue weighted by atomic mass is 19.1. The van der Waals surface area contributed by atoms with Crippen molar-refractivity contribution in [3.05, 3.63) is 18.3 Å². The summed E-state index contributed by atoms with van der Waals surface area (Å²) in [6.07, 6.45) is 3.65. The van der Waals surface area contributed by atoms with E-state index < -0.39 is 5.95 Å². The van der Waals surface area contributed by atoms with E-state index in [1.54, 1.807) is 0 Å². The van der Waals surface area contributed by atoms with E-state index in [4.69, 9.17) is 4.74 Å². The van der Waals surface area contributed by atoms with Gasteiger partial charge in [0, 0.05) is 26.3 Å². The van der Waals surface area contributed by atoms with Crippen molar-refractivity contribution in [3.63, 3.8) is 0 Å². The maximum absolute atomic E-state index is 12.8. The Morgan fingerprint density at radius 1 is 1.60 bits per heavy atom. The zero-order valence-corrected chi connectivity index (χ0v) is 8.69. The molecule has 0 aliphatic carbocycles. The standard InChI is InChI=1S/C10H14FN3O/c1-14(6-8-3-2-4-15-8)10-5-9(11)12-7-13-10/h5,7-8H,2-4,6H2,1H3. The predicted molar refractivity (Wildman–Crippen MR) is 54.2 cm³/mol. The number of ether oxygens (including phenoxy) is 1. The van der Waals surface area contributed by atoms with Crippen molar-refractivity contribution in [2.24, 2.45) is 0 Å². The smallest absolute Gasteiger partial charge is 0.218 e. The van der Waals surface area contributed by atoms with E-state index in [2.05, 4.69) is 9.97 Å². The van der Waals surface area contributed by atoms with Gasteiger partial charge in [0.1, 0.15) is 12.1 Å². The summed E-state index contributed by atoms with van der Waals surface area (Å²) < 4.78 is 18.3. The predicted octanol–water partition coefficient (Wildman–Crippen LogP) is 1.23. The van der Waals surface area contributed by atoms with Crippen LogP contribution in [0.3, 0.4) is 0 Å². The van der Waals surface area contributed by atoms with Crippen LogP contribution >= 0.6 is 0 Å². The molecule has 1 aliphatic heterocycles. The summed E-state index contributed by atoms with van der Waals surface area (Å²) in [6, 6.07) is 1.33. The molecule has 0 radical (unpaired) electrons. The molecule has 2 heterocycles. The van der Waals surface area contributed by atoms with Crippen LogP contribution in [0.15, 0.2) is 12.4 Å². The van der Waals surface area contributed by atoms with Gasteiger partial charge in [-0.2, -0.15) is 4.39 Å². The van der Waals surface area contributed by atoms with Crippen molar-refractivity contribution in [2.75, 3.05) is 25.1 Å². The molecule has 0 spiro atoms. The van der Waals surface area contributed by atoms with Crippen molar-refractivity contribution in [1.82, 2.24) is 9.97 Å². The van der Waals surface area contributed by atoms with Crippen molar-refractivity contribution < 1.29 is 9.13 Å².